The quantitative estimate of drug-likeness (QED) is 0.444. The van der Waals surface area contributed by atoms with E-state index in [0.717, 1.165) is 0 Å². The molecule has 2 aromatic carbocycles. The highest BCUT2D eigenvalue weighted by Gasteiger charge is 2.11. The van der Waals surface area contributed by atoms with E-state index >= 15 is 0 Å². The Morgan fingerprint density at radius 1 is 1.00 bits per heavy atom. The van der Waals surface area contributed by atoms with Crippen LogP contribution < -0.4 is 4.74 Å². The first kappa shape index (κ1) is 15.6. The van der Waals surface area contributed by atoms with Crippen LogP contribution >= 0.6 is 50.7 Å². The van der Waals surface area contributed by atoms with Crippen molar-refractivity contribution in [2.45, 2.75) is 6.92 Å². The molecular weight excluding hydrogens is 386 g/mol. The van der Waals surface area contributed by atoms with Crippen LogP contribution in [-0.2, 0) is 0 Å². The summed E-state index contributed by atoms with van der Waals surface area (Å²) in [7, 11) is 0. The lowest BCUT2D eigenvalue weighted by molar-refractivity contribution is 0.101. The van der Waals surface area contributed by atoms with Gasteiger partial charge in [-0.15, -0.1) is 0 Å². The summed E-state index contributed by atoms with van der Waals surface area (Å²) in [5.74, 6) is 0.720. The first-order valence-electron chi connectivity index (χ1n) is 5.51. The van der Waals surface area contributed by atoms with Crippen LogP contribution in [0, 0.1) is 0 Å². The number of hydrogen-bond acceptors (Lipinski definition) is 2. The van der Waals surface area contributed by atoms with Gasteiger partial charge in [-0.1, -0.05) is 34.8 Å². The van der Waals surface area contributed by atoms with Gasteiger partial charge in [-0.3, -0.25) is 4.79 Å². The van der Waals surface area contributed by atoms with E-state index in [1.165, 1.54) is 6.92 Å². The minimum Gasteiger partial charge on any atom is -0.454 e. The third-order valence-corrected chi connectivity index (χ3v) is 4.32. The second kappa shape index (κ2) is 6.35. The highest BCUT2D eigenvalue weighted by atomic mass is 79.9. The molecule has 104 valence electrons. The summed E-state index contributed by atoms with van der Waals surface area (Å²) in [4.78, 5) is 11.3. The van der Waals surface area contributed by atoms with Crippen molar-refractivity contribution in [3.63, 3.8) is 0 Å². The van der Waals surface area contributed by atoms with Crippen molar-refractivity contribution in [1.29, 1.82) is 0 Å². The van der Waals surface area contributed by atoms with Crippen molar-refractivity contribution in [2.75, 3.05) is 0 Å². The largest absolute Gasteiger partial charge is 0.454 e. The molecule has 0 amide bonds. The first-order chi connectivity index (χ1) is 9.38. The molecule has 0 bridgehead atoms. The number of benzene rings is 2. The van der Waals surface area contributed by atoms with Gasteiger partial charge in [0, 0.05) is 16.1 Å². The normalized spacial score (nSPS) is 10.4. The van der Waals surface area contributed by atoms with E-state index in [1.54, 1.807) is 30.3 Å². The number of carbonyl (C=O) groups is 1. The first-order valence-corrected chi connectivity index (χ1v) is 7.44. The Kier molecular flexibility index (Phi) is 4.97. The second-order valence-corrected chi connectivity index (χ2v) is 6.08. The summed E-state index contributed by atoms with van der Waals surface area (Å²) in [5, 5.41) is 1.20. The highest BCUT2D eigenvalue weighted by Crippen LogP contribution is 2.38. The average Bonchev–Trinajstić information content (AvgIpc) is 2.37. The molecule has 20 heavy (non-hydrogen) atoms. The predicted molar refractivity (Wildman–Crippen MR) is 85.7 cm³/mol. The minimum absolute atomic E-state index is 0.0665. The molecule has 0 atom stereocenters. The van der Waals surface area contributed by atoms with Gasteiger partial charge >= 0.3 is 0 Å². The topological polar surface area (TPSA) is 26.3 Å². The molecule has 0 unspecified atom stereocenters. The maximum atomic E-state index is 11.3. The summed E-state index contributed by atoms with van der Waals surface area (Å²) >= 11 is 21.4. The van der Waals surface area contributed by atoms with Gasteiger partial charge in [0.05, 0.1) is 15.1 Å². The second-order valence-electron chi connectivity index (χ2n) is 4.00. The molecular formula is C14H8BrCl3O2. The van der Waals surface area contributed by atoms with Crippen LogP contribution in [0.4, 0.5) is 0 Å². The van der Waals surface area contributed by atoms with E-state index in [4.69, 9.17) is 39.5 Å². The summed E-state index contributed by atoms with van der Waals surface area (Å²) < 4.78 is 6.31. The van der Waals surface area contributed by atoms with E-state index in [0.29, 0.717) is 36.6 Å². The summed E-state index contributed by atoms with van der Waals surface area (Å²) in [6, 6.07) is 8.02. The molecule has 6 heteroatoms. The number of halogens is 4. The number of rotatable bonds is 3. The fourth-order valence-electron chi connectivity index (χ4n) is 1.50. The van der Waals surface area contributed by atoms with Crippen LogP contribution in [0.25, 0.3) is 0 Å². The zero-order valence-corrected chi connectivity index (χ0v) is 14.1. The molecule has 0 aliphatic carbocycles. The van der Waals surface area contributed by atoms with Gasteiger partial charge in [0.25, 0.3) is 0 Å². The molecule has 0 fully saturated rings. The van der Waals surface area contributed by atoms with E-state index in [2.05, 4.69) is 15.9 Å². The van der Waals surface area contributed by atoms with Gasteiger partial charge in [-0.05, 0) is 47.1 Å². The van der Waals surface area contributed by atoms with Crippen molar-refractivity contribution in [3.8, 4) is 11.5 Å². The molecule has 0 saturated heterocycles. The van der Waals surface area contributed by atoms with Crippen LogP contribution in [0.1, 0.15) is 17.3 Å². The summed E-state index contributed by atoms with van der Waals surface area (Å²) in [6.45, 7) is 1.47. The van der Waals surface area contributed by atoms with E-state index in [1.807, 2.05) is 0 Å². The van der Waals surface area contributed by atoms with Crippen LogP contribution in [-0.4, -0.2) is 5.78 Å². The fourth-order valence-corrected chi connectivity index (χ4v) is 2.55. The third kappa shape index (κ3) is 3.47. The van der Waals surface area contributed by atoms with E-state index in [9.17, 15) is 4.79 Å². The monoisotopic (exact) mass is 392 g/mol. The maximum absolute atomic E-state index is 11.3. The van der Waals surface area contributed by atoms with Crippen LogP contribution in [0.3, 0.4) is 0 Å². The van der Waals surface area contributed by atoms with Gasteiger partial charge in [-0.2, -0.15) is 0 Å². The molecule has 0 spiro atoms. The number of ketones is 1. The maximum Gasteiger partial charge on any atom is 0.159 e. The lowest BCUT2D eigenvalue weighted by atomic mass is 10.1. The van der Waals surface area contributed by atoms with E-state index in [-0.39, 0.29) is 5.78 Å². The molecule has 2 aromatic rings. The smallest absolute Gasteiger partial charge is 0.159 e. The predicted octanol–water partition coefficient (Wildman–Crippen LogP) is 6.40. The molecule has 0 aliphatic rings. The lowest BCUT2D eigenvalue weighted by Crippen LogP contribution is -1.93. The molecule has 0 saturated carbocycles. The molecule has 0 N–H and O–H groups in total. The fraction of sp³-hybridized carbons (Fsp3) is 0.0714. The van der Waals surface area contributed by atoms with Gasteiger partial charge in [0.15, 0.2) is 5.78 Å². The van der Waals surface area contributed by atoms with Crippen molar-refractivity contribution in [1.82, 2.24) is 0 Å². The van der Waals surface area contributed by atoms with Crippen molar-refractivity contribution in [3.05, 3.63) is 55.4 Å². The highest BCUT2D eigenvalue weighted by molar-refractivity contribution is 9.10. The van der Waals surface area contributed by atoms with Crippen molar-refractivity contribution < 1.29 is 9.53 Å². The minimum atomic E-state index is -0.0665. The molecule has 2 rings (SSSR count). The number of Topliss-reactive ketones (excluding diaryl/α,β-unsaturated/α-hetero) is 1. The zero-order valence-electron chi connectivity index (χ0n) is 10.2. The molecule has 0 heterocycles. The van der Waals surface area contributed by atoms with Gasteiger partial charge in [-0.25, -0.2) is 0 Å². The summed E-state index contributed by atoms with van der Waals surface area (Å²) in [6.07, 6.45) is 0. The lowest BCUT2D eigenvalue weighted by Gasteiger charge is -2.11. The van der Waals surface area contributed by atoms with Crippen LogP contribution in [0.15, 0.2) is 34.8 Å². The van der Waals surface area contributed by atoms with Crippen LogP contribution in [0.2, 0.25) is 15.1 Å². The molecule has 0 radical (unpaired) electrons. The van der Waals surface area contributed by atoms with Crippen LogP contribution in [0.5, 0.6) is 11.5 Å². The zero-order chi connectivity index (χ0) is 14.9. The van der Waals surface area contributed by atoms with Crippen molar-refractivity contribution in [2.24, 2.45) is 0 Å². The average molecular weight is 394 g/mol. The molecule has 0 aliphatic heterocycles. The number of carbonyl (C=O) groups excluding carboxylic acids is 1. The Morgan fingerprint density at radius 3 is 2.25 bits per heavy atom. The molecule has 2 nitrogen and oxygen atoms in total. The third-order valence-electron chi connectivity index (χ3n) is 2.53. The Bertz CT molecular complexity index is 686. The molecule has 0 aromatic heterocycles. The van der Waals surface area contributed by atoms with Gasteiger partial charge < -0.3 is 4.74 Å². The van der Waals surface area contributed by atoms with Crippen molar-refractivity contribution >= 4 is 56.5 Å². The Morgan fingerprint density at radius 2 is 1.65 bits per heavy atom. The standard InChI is InChI=1S/C14H8BrCl3O2/c1-7(19)8-2-3-13(11(17)4-8)20-14-6-10(16)9(15)5-12(14)18/h2-6H,1H3. The number of ether oxygens (including phenoxy) is 1. The Hall–Kier alpha value is -0.740. The van der Waals surface area contributed by atoms with Gasteiger partial charge in [0.2, 0.25) is 0 Å². The van der Waals surface area contributed by atoms with Gasteiger partial charge in [0.1, 0.15) is 11.5 Å². The summed E-state index contributed by atoms with van der Waals surface area (Å²) in [5.41, 5.74) is 0.516. The SMILES string of the molecule is CC(=O)c1ccc(Oc2cc(Cl)c(Br)cc2Cl)c(Cl)c1. The van der Waals surface area contributed by atoms with E-state index < -0.39 is 0 Å². The number of hydrogen-bond donors (Lipinski definition) is 0. The Labute approximate surface area is 139 Å². The Balaban J connectivity index is 2.35.